The van der Waals surface area contributed by atoms with Crippen LogP contribution in [0.3, 0.4) is 0 Å². The molecule has 0 aliphatic heterocycles. The monoisotopic (exact) mass is 754 g/mol. The summed E-state index contributed by atoms with van der Waals surface area (Å²) in [6.07, 6.45) is 0. The van der Waals surface area contributed by atoms with E-state index in [1.54, 1.807) is 0 Å². The largest absolute Gasteiger partial charge is 0.310 e. The molecule has 1 aromatic heterocycles. The highest BCUT2D eigenvalue weighted by atomic mass is 32.1. The Bertz CT molecular complexity index is 2560. The van der Waals surface area contributed by atoms with Gasteiger partial charge >= 0.3 is 0 Å². The van der Waals surface area contributed by atoms with Crippen molar-refractivity contribution in [2.75, 3.05) is 9.80 Å². The molecular formula is C54H46N2S. The van der Waals surface area contributed by atoms with Crippen molar-refractivity contribution < 1.29 is 0 Å². The lowest BCUT2D eigenvalue weighted by Crippen LogP contribution is -2.19. The van der Waals surface area contributed by atoms with Gasteiger partial charge in [0.15, 0.2) is 0 Å². The van der Waals surface area contributed by atoms with Gasteiger partial charge in [-0.2, -0.15) is 0 Å². The molecule has 2 nitrogen and oxygen atoms in total. The second-order valence-electron chi connectivity index (χ2n) is 15.9. The van der Waals surface area contributed by atoms with Crippen LogP contribution in [0.5, 0.6) is 0 Å². The lowest BCUT2D eigenvalue weighted by molar-refractivity contribution is 0.641. The number of hydrogen-bond acceptors (Lipinski definition) is 3. The van der Waals surface area contributed by atoms with E-state index in [1.165, 1.54) is 42.4 Å². The van der Waals surface area contributed by atoms with E-state index in [0.717, 1.165) is 34.1 Å². The molecule has 57 heavy (non-hydrogen) atoms. The lowest BCUT2D eigenvalue weighted by atomic mass is 9.78. The van der Waals surface area contributed by atoms with E-state index in [0.29, 0.717) is 0 Å². The smallest absolute Gasteiger partial charge is 0.0468 e. The number of benzene rings is 8. The summed E-state index contributed by atoms with van der Waals surface area (Å²) in [6.45, 7) is 9.21. The number of para-hydroxylation sites is 2. The first-order valence-corrected chi connectivity index (χ1v) is 20.6. The normalized spacial score (nSPS) is 11.9. The SMILES string of the molecule is CC(C)(c1ccccc1)c1ccc(N(c2ccccc2)c2ccc3sc4ccc(N(c5ccccc5)c5ccc(C(C)(C)c6ccccc6)cc5)cc4c3c2)cc1. The minimum Gasteiger partial charge on any atom is -0.310 e. The molecule has 0 atom stereocenters. The van der Waals surface area contributed by atoms with Crippen molar-refractivity contribution in [1.29, 1.82) is 0 Å². The molecule has 8 aromatic carbocycles. The molecule has 0 saturated carbocycles. The molecule has 0 N–H and O–H groups in total. The maximum atomic E-state index is 2.38. The van der Waals surface area contributed by atoms with Gasteiger partial charge in [0.25, 0.3) is 0 Å². The quantitative estimate of drug-likeness (QED) is 0.137. The van der Waals surface area contributed by atoms with Crippen molar-refractivity contribution in [2.24, 2.45) is 0 Å². The highest BCUT2D eigenvalue weighted by molar-refractivity contribution is 7.25. The summed E-state index contributed by atoms with van der Waals surface area (Å²) >= 11 is 1.85. The van der Waals surface area contributed by atoms with Crippen LogP contribution < -0.4 is 9.80 Å². The number of rotatable bonds is 10. The molecule has 0 fully saturated rings. The first kappa shape index (κ1) is 36.2. The summed E-state index contributed by atoms with van der Waals surface area (Å²) in [5.41, 5.74) is 11.7. The fourth-order valence-electron chi connectivity index (χ4n) is 8.18. The van der Waals surface area contributed by atoms with Crippen molar-refractivity contribution in [1.82, 2.24) is 0 Å². The van der Waals surface area contributed by atoms with Gasteiger partial charge in [-0.3, -0.25) is 0 Å². The van der Waals surface area contributed by atoms with Gasteiger partial charge in [-0.05, 0) is 107 Å². The molecule has 9 rings (SSSR count). The van der Waals surface area contributed by atoms with Gasteiger partial charge in [-0.1, -0.05) is 149 Å². The molecule has 0 radical (unpaired) electrons. The maximum Gasteiger partial charge on any atom is 0.0468 e. The van der Waals surface area contributed by atoms with Crippen molar-refractivity contribution in [3.05, 3.63) is 229 Å². The molecule has 1 heterocycles. The second-order valence-corrected chi connectivity index (χ2v) is 17.0. The highest BCUT2D eigenvalue weighted by Gasteiger charge is 2.25. The first-order valence-electron chi connectivity index (χ1n) is 19.8. The van der Waals surface area contributed by atoms with Crippen LogP contribution in [-0.2, 0) is 10.8 Å². The number of nitrogens with zero attached hydrogens (tertiary/aromatic N) is 2. The Balaban J connectivity index is 1.12. The zero-order valence-electron chi connectivity index (χ0n) is 32.9. The molecule has 0 spiro atoms. The molecule has 0 saturated heterocycles. The maximum absolute atomic E-state index is 2.38. The van der Waals surface area contributed by atoms with Crippen LogP contribution in [0, 0.1) is 0 Å². The molecule has 278 valence electrons. The van der Waals surface area contributed by atoms with Crippen LogP contribution in [0.25, 0.3) is 20.2 Å². The predicted octanol–water partition coefficient (Wildman–Crippen LogP) is 15.6. The Morgan fingerprint density at radius 2 is 0.579 bits per heavy atom. The summed E-state index contributed by atoms with van der Waals surface area (Å²) in [4.78, 5) is 4.75. The van der Waals surface area contributed by atoms with Crippen molar-refractivity contribution in [3.8, 4) is 0 Å². The standard InChI is InChI=1S/C54H46N2S/c1-53(2,39-17-9-5-10-18-39)41-25-29-45(30-26-41)55(43-21-13-7-14-22-43)47-33-35-51-49(37-47)50-38-48(34-36-52(50)57-51)56(44-23-15-8-16-24-44)46-31-27-42(28-32-46)54(3,4)40-19-11-6-12-20-40/h5-38H,1-4H3. The van der Waals surface area contributed by atoms with Crippen molar-refractivity contribution >= 4 is 65.6 Å². The van der Waals surface area contributed by atoms with Gasteiger partial charge in [-0.25, -0.2) is 0 Å². The Morgan fingerprint density at radius 1 is 0.298 bits per heavy atom. The van der Waals surface area contributed by atoms with Gasteiger partial charge in [-0.15, -0.1) is 11.3 Å². The molecule has 3 heteroatoms. The van der Waals surface area contributed by atoms with E-state index < -0.39 is 0 Å². The summed E-state index contributed by atoms with van der Waals surface area (Å²) in [6, 6.07) is 75.1. The summed E-state index contributed by atoms with van der Waals surface area (Å²) in [5.74, 6) is 0. The number of fused-ring (bicyclic) bond motifs is 3. The van der Waals surface area contributed by atoms with Crippen molar-refractivity contribution in [3.63, 3.8) is 0 Å². The Labute approximate surface area is 340 Å². The zero-order valence-corrected chi connectivity index (χ0v) is 33.7. The molecule has 0 amide bonds. The molecule has 9 aromatic rings. The highest BCUT2D eigenvalue weighted by Crippen LogP contribution is 2.44. The molecule has 0 aliphatic rings. The minimum absolute atomic E-state index is 0.113. The van der Waals surface area contributed by atoms with Gasteiger partial charge in [0.2, 0.25) is 0 Å². The van der Waals surface area contributed by atoms with Crippen molar-refractivity contribution in [2.45, 2.75) is 38.5 Å². The summed E-state index contributed by atoms with van der Waals surface area (Å²) in [7, 11) is 0. The van der Waals surface area contributed by atoms with Gasteiger partial charge < -0.3 is 9.80 Å². The van der Waals surface area contributed by atoms with Gasteiger partial charge in [0, 0.05) is 65.1 Å². The average Bonchev–Trinajstić information content (AvgIpc) is 3.63. The fourth-order valence-corrected chi connectivity index (χ4v) is 9.24. The fraction of sp³-hybridized carbons (Fsp3) is 0.111. The number of thiophene rings is 1. The summed E-state index contributed by atoms with van der Waals surface area (Å²) in [5, 5.41) is 2.51. The van der Waals surface area contributed by atoms with Gasteiger partial charge in [0.1, 0.15) is 0 Å². The van der Waals surface area contributed by atoms with Crippen LogP contribution >= 0.6 is 11.3 Å². The Kier molecular flexibility index (Phi) is 9.48. The van der Waals surface area contributed by atoms with E-state index in [4.69, 9.17) is 0 Å². The van der Waals surface area contributed by atoms with Gasteiger partial charge in [0.05, 0.1) is 0 Å². The van der Waals surface area contributed by atoms with Crippen LogP contribution in [0.2, 0.25) is 0 Å². The van der Waals surface area contributed by atoms with Crippen LogP contribution in [0.1, 0.15) is 49.9 Å². The number of anilines is 6. The summed E-state index contributed by atoms with van der Waals surface area (Å²) < 4.78 is 2.55. The topological polar surface area (TPSA) is 6.48 Å². The Hall–Kier alpha value is -6.42. The van der Waals surface area contributed by atoms with Crippen LogP contribution in [0.4, 0.5) is 34.1 Å². The zero-order chi connectivity index (χ0) is 39.0. The molecule has 0 unspecified atom stereocenters. The molecule has 0 aliphatic carbocycles. The van der Waals surface area contributed by atoms with E-state index in [9.17, 15) is 0 Å². The predicted molar refractivity (Wildman–Crippen MR) is 246 cm³/mol. The lowest BCUT2D eigenvalue weighted by Gasteiger charge is -2.29. The van der Waals surface area contributed by atoms with E-state index >= 15 is 0 Å². The van der Waals surface area contributed by atoms with E-state index in [2.05, 4.69) is 244 Å². The molecular weight excluding hydrogens is 709 g/mol. The first-order chi connectivity index (χ1) is 27.8. The van der Waals surface area contributed by atoms with E-state index in [1.807, 2.05) is 11.3 Å². The second kappa shape index (κ2) is 14.9. The minimum atomic E-state index is -0.113. The average molecular weight is 755 g/mol. The number of hydrogen-bond donors (Lipinski definition) is 0. The van der Waals surface area contributed by atoms with E-state index in [-0.39, 0.29) is 10.8 Å². The van der Waals surface area contributed by atoms with Crippen LogP contribution in [-0.4, -0.2) is 0 Å². The third-order valence-corrected chi connectivity index (χ3v) is 12.8. The Morgan fingerprint density at radius 3 is 0.930 bits per heavy atom. The third kappa shape index (κ3) is 6.90. The third-order valence-electron chi connectivity index (χ3n) is 11.7. The molecule has 0 bridgehead atoms. The van der Waals surface area contributed by atoms with Crippen LogP contribution in [0.15, 0.2) is 206 Å².